The molecule has 0 fully saturated rings. The minimum absolute atomic E-state index is 2.39. The predicted molar refractivity (Wildman–Crippen MR) is 9.48 cm³/mol. The standard InChI is InChI=1S/Ag.FH.2H2N/h;1H;2*1H2/q+3;;2*-1/p-1. The molecule has 0 saturated heterocycles. The molecule has 0 rings (SSSR count). The van der Waals surface area contributed by atoms with Gasteiger partial charge in [0, 0.05) is 0 Å². The van der Waals surface area contributed by atoms with Gasteiger partial charge in [-0.05, 0) is 0 Å². The Bertz CT molecular complexity index is 10.8. The molecule has 0 atom stereocenters. The Hall–Kier alpha value is 0.590. The third kappa shape index (κ3) is 18.8. The van der Waals surface area contributed by atoms with Crippen molar-refractivity contribution in [2.75, 3.05) is 0 Å². The van der Waals surface area contributed by atoms with Crippen LogP contribution < -0.4 is 8.27 Å². The molecule has 2 nitrogen and oxygen atoms in total. The van der Waals surface area contributed by atoms with Gasteiger partial charge in [0.1, 0.15) is 0 Å². The molecule has 4 heavy (non-hydrogen) atoms. The molecule has 0 unspecified atom stereocenters. The van der Waals surface area contributed by atoms with Crippen molar-refractivity contribution in [3.05, 3.63) is 0 Å². The number of hydrogen-bond acceptors (Lipinski definition) is 2. The van der Waals surface area contributed by atoms with Gasteiger partial charge in [0.2, 0.25) is 0 Å². The van der Waals surface area contributed by atoms with Crippen molar-refractivity contribution in [2.24, 2.45) is 8.27 Å². The Labute approximate surface area is 31.4 Å². The van der Waals surface area contributed by atoms with Crippen molar-refractivity contribution in [3.63, 3.8) is 0 Å². The average molecular weight is 159 g/mol. The molecule has 0 saturated carbocycles. The second kappa shape index (κ2) is 1.87. The molecule has 0 spiro atoms. The second-order valence-corrected chi connectivity index (χ2v) is 1.37. The van der Waals surface area contributed by atoms with Crippen molar-refractivity contribution in [1.29, 1.82) is 0 Å². The first-order valence-corrected chi connectivity index (χ1v) is 2.73. The molecule has 0 bridgehead atoms. The number of hydrogen-bond donors (Lipinski definition) is 2. The molecule has 0 radical (unpaired) electrons. The fourth-order valence-electron chi connectivity index (χ4n) is 0. The van der Waals surface area contributed by atoms with Crippen LogP contribution in [0.1, 0.15) is 0 Å². The molecular weight excluding hydrogens is 155 g/mol. The maximum atomic E-state index is 10.7. The first-order chi connectivity index (χ1) is 1.73. The molecule has 0 amide bonds. The van der Waals surface area contributed by atoms with Gasteiger partial charge in [-0.3, -0.25) is 0 Å². The summed E-state index contributed by atoms with van der Waals surface area (Å²) in [6.45, 7) is 0. The van der Waals surface area contributed by atoms with E-state index in [-0.39, 0.29) is 0 Å². The molecule has 4 heteroatoms. The summed E-state index contributed by atoms with van der Waals surface area (Å²) in [5, 5.41) is 0. The summed E-state index contributed by atoms with van der Waals surface area (Å²) >= 11 is -2.39. The Morgan fingerprint density at radius 3 is 1.50 bits per heavy atom. The Balaban J connectivity index is 2.32. The van der Waals surface area contributed by atoms with Gasteiger partial charge in [0.05, 0.1) is 0 Å². The molecule has 0 aromatic rings. The third-order valence-electron chi connectivity index (χ3n) is 0. The Morgan fingerprint density at radius 1 is 1.50 bits per heavy atom. The van der Waals surface area contributed by atoms with E-state index >= 15 is 0 Å². The topological polar surface area (TPSA) is 52.0 Å². The van der Waals surface area contributed by atoms with Crippen LogP contribution >= 0.6 is 0 Å². The van der Waals surface area contributed by atoms with Crippen LogP contribution in [0.3, 0.4) is 0 Å². The normalized spacial score (nSPS) is 11.2. The molecule has 0 aliphatic carbocycles. The Morgan fingerprint density at radius 2 is 1.50 bits per heavy atom. The van der Waals surface area contributed by atoms with Crippen LogP contribution in [0.15, 0.2) is 0 Å². The van der Waals surface area contributed by atoms with E-state index in [0.717, 1.165) is 0 Å². The van der Waals surface area contributed by atoms with Crippen molar-refractivity contribution < 1.29 is 22.5 Å². The minimum atomic E-state index is -2.39. The average Bonchev–Trinajstić information content (AvgIpc) is 0.811. The molecule has 4 N–H and O–H groups in total. The van der Waals surface area contributed by atoms with E-state index in [4.69, 9.17) is 0 Å². The molecule has 0 aliphatic rings. The first kappa shape index (κ1) is 4.59. The monoisotopic (exact) mass is 158 g/mol. The number of rotatable bonds is 0. The van der Waals surface area contributed by atoms with Crippen LogP contribution in [-0.4, -0.2) is 0 Å². The van der Waals surface area contributed by atoms with E-state index in [0.29, 0.717) is 0 Å². The summed E-state index contributed by atoms with van der Waals surface area (Å²) < 4.78 is 19.3. The van der Waals surface area contributed by atoms with Gasteiger partial charge in [-0.2, -0.15) is 0 Å². The van der Waals surface area contributed by atoms with Gasteiger partial charge < -0.3 is 0 Å². The van der Waals surface area contributed by atoms with Crippen LogP contribution in [0.5, 0.6) is 0 Å². The van der Waals surface area contributed by atoms with Gasteiger partial charge in [0.15, 0.2) is 0 Å². The van der Waals surface area contributed by atoms with E-state index < -0.39 is 19.5 Å². The van der Waals surface area contributed by atoms with Gasteiger partial charge >= 0.3 is 30.8 Å². The number of nitrogens with two attached hydrogens (primary N) is 2. The molecule has 32 valence electrons. The predicted octanol–water partition coefficient (Wildman–Crippen LogP) is -0.764. The SMILES string of the molecule is [NH2][Ag]([NH2])[F]. The van der Waals surface area contributed by atoms with Gasteiger partial charge in [-0.1, -0.05) is 0 Å². The van der Waals surface area contributed by atoms with Crippen LogP contribution in [0.2, 0.25) is 0 Å². The summed E-state index contributed by atoms with van der Waals surface area (Å²) in [6.07, 6.45) is 0. The zero-order valence-corrected chi connectivity index (χ0v) is 3.32. The molecular formula is H4AgFN2. The third-order valence-corrected chi connectivity index (χ3v) is 0. The van der Waals surface area contributed by atoms with Gasteiger partial charge in [0.25, 0.3) is 0 Å². The van der Waals surface area contributed by atoms with Gasteiger partial charge in [-0.15, -0.1) is 0 Å². The molecule has 0 heterocycles. The summed E-state index contributed by atoms with van der Waals surface area (Å²) in [7, 11) is 0. The molecule has 0 aromatic heterocycles. The summed E-state index contributed by atoms with van der Waals surface area (Å²) in [4.78, 5) is 0. The molecule has 0 aromatic carbocycles. The second-order valence-electron chi connectivity index (χ2n) is 0.232. The van der Waals surface area contributed by atoms with Crippen molar-refractivity contribution in [2.45, 2.75) is 0 Å². The van der Waals surface area contributed by atoms with Crippen molar-refractivity contribution >= 4 is 0 Å². The van der Waals surface area contributed by atoms with E-state index in [2.05, 4.69) is 8.27 Å². The zero-order valence-electron chi connectivity index (χ0n) is 1.83. The van der Waals surface area contributed by atoms with E-state index in [1.165, 1.54) is 0 Å². The summed E-state index contributed by atoms with van der Waals surface area (Å²) in [6, 6.07) is 0. The van der Waals surface area contributed by atoms with E-state index in [1.54, 1.807) is 0 Å². The van der Waals surface area contributed by atoms with Crippen LogP contribution in [0.25, 0.3) is 0 Å². The Kier molecular flexibility index (Phi) is 2.14. The molecule has 0 aliphatic heterocycles. The van der Waals surface area contributed by atoms with Crippen LogP contribution in [0, 0.1) is 0 Å². The maximum absolute atomic E-state index is 10.7. The van der Waals surface area contributed by atoms with Gasteiger partial charge in [-0.25, -0.2) is 0 Å². The summed E-state index contributed by atoms with van der Waals surface area (Å²) in [5.74, 6) is 0. The van der Waals surface area contributed by atoms with Crippen LogP contribution in [0.4, 0.5) is 3.02 Å². The zero-order chi connectivity index (χ0) is 3.58. The number of halogens is 1. The van der Waals surface area contributed by atoms with Crippen molar-refractivity contribution in [3.8, 4) is 0 Å². The van der Waals surface area contributed by atoms with Crippen LogP contribution in [-0.2, 0) is 19.5 Å². The quantitative estimate of drug-likeness (QED) is 0.456. The van der Waals surface area contributed by atoms with E-state index in [1.807, 2.05) is 0 Å². The fourth-order valence-corrected chi connectivity index (χ4v) is 0. The fraction of sp³-hybridized carbons (Fsp3) is 0. The van der Waals surface area contributed by atoms with Crippen molar-refractivity contribution in [1.82, 2.24) is 0 Å². The van der Waals surface area contributed by atoms with E-state index in [9.17, 15) is 3.02 Å². The first-order valence-electron chi connectivity index (χ1n) is 0.462. The summed E-state index contributed by atoms with van der Waals surface area (Å²) in [5.41, 5.74) is 0.